The Morgan fingerprint density at radius 2 is 1.91 bits per heavy atom. The van der Waals surface area contributed by atoms with E-state index in [1.807, 2.05) is 0 Å². The number of aliphatic hydroxyl groups is 1. The number of hydrogen-bond acceptors (Lipinski definition) is 4. The molecule has 2 aromatic heterocycles. The van der Waals surface area contributed by atoms with Crippen LogP contribution in [0.1, 0.15) is 11.7 Å². The zero-order valence-corrected chi connectivity index (χ0v) is 13.4. The van der Waals surface area contributed by atoms with Crippen molar-refractivity contribution in [2.75, 3.05) is 0 Å². The van der Waals surface area contributed by atoms with Crippen LogP contribution in [-0.2, 0) is 20.6 Å². The third-order valence-electron chi connectivity index (χ3n) is 3.85. The lowest BCUT2D eigenvalue weighted by Crippen LogP contribution is -2.37. The fourth-order valence-electron chi connectivity index (χ4n) is 2.57. The van der Waals surface area contributed by atoms with Crippen molar-refractivity contribution >= 4 is 22.8 Å². The fourth-order valence-corrected chi connectivity index (χ4v) is 2.83. The fraction of sp³-hybridized carbons (Fsp3) is 0.267. The number of benzene rings is 1. The minimum absolute atomic E-state index is 0.105. The van der Waals surface area contributed by atoms with Gasteiger partial charge in [-0.2, -0.15) is 0 Å². The van der Waals surface area contributed by atoms with Crippen molar-refractivity contribution in [1.29, 1.82) is 0 Å². The molecule has 2 heterocycles. The van der Waals surface area contributed by atoms with Gasteiger partial charge in [-0.15, -0.1) is 0 Å². The van der Waals surface area contributed by atoms with Crippen LogP contribution in [0.3, 0.4) is 0 Å². The number of rotatable bonds is 3. The zero-order valence-electron chi connectivity index (χ0n) is 12.6. The summed E-state index contributed by atoms with van der Waals surface area (Å²) in [5.41, 5.74) is 0.217. The Morgan fingerprint density at radius 1 is 1.22 bits per heavy atom. The summed E-state index contributed by atoms with van der Waals surface area (Å²) in [6.07, 6.45) is 0.536. The van der Waals surface area contributed by atoms with Gasteiger partial charge in [-0.3, -0.25) is 13.9 Å². The van der Waals surface area contributed by atoms with Crippen molar-refractivity contribution in [3.63, 3.8) is 0 Å². The standard InChI is InChI=1S/C15H15ClN4O3/c1-18-13-12(14(22)19(2)15(18)23)20(8-17-13)7-11(21)9-5-3-4-6-10(9)16/h3-6,8,11,21H,7H2,1-2H3/t11-/m1/s1. The number of hydrogen-bond donors (Lipinski definition) is 1. The van der Waals surface area contributed by atoms with Crippen molar-refractivity contribution < 1.29 is 5.11 Å². The van der Waals surface area contributed by atoms with E-state index in [1.165, 1.54) is 22.5 Å². The number of halogens is 1. The van der Waals surface area contributed by atoms with E-state index in [-0.39, 0.29) is 17.7 Å². The van der Waals surface area contributed by atoms with Crippen LogP contribution in [0.4, 0.5) is 0 Å². The second kappa shape index (κ2) is 5.68. The molecule has 0 radical (unpaired) electrons. The molecule has 0 aliphatic carbocycles. The molecule has 0 amide bonds. The highest BCUT2D eigenvalue weighted by molar-refractivity contribution is 6.31. The molecule has 1 aromatic carbocycles. The maximum Gasteiger partial charge on any atom is 0.332 e. The largest absolute Gasteiger partial charge is 0.386 e. The molecule has 0 aliphatic rings. The Morgan fingerprint density at radius 3 is 2.61 bits per heavy atom. The summed E-state index contributed by atoms with van der Waals surface area (Å²) in [7, 11) is 2.96. The third kappa shape index (κ3) is 2.47. The van der Waals surface area contributed by atoms with Gasteiger partial charge in [-0.25, -0.2) is 9.78 Å². The Labute approximate surface area is 136 Å². The molecule has 0 saturated carbocycles. The summed E-state index contributed by atoms with van der Waals surface area (Å²) in [5, 5.41) is 10.9. The second-order valence-electron chi connectivity index (χ2n) is 5.31. The van der Waals surface area contributed by atoms with Gasteiger partial charge in [-0.1, -0.05) is 29.8 Å². The van der Waals surface area contributed by atoms with Gasteiger partial charge in [0.2, 0.25) is 0 Å². The molecule has 7 nitrogen and oxygen atoms in total. The number of nitrogens with zero attached hydrogens (tertiary/aromatic N) is 4. The zero-order chi connectivity index (χ0) is 16.7. The summed E-state index contributed by atoms with van der Waals surface area (Å²) in [6, 6.07) is 6.96. The van der Waals surface area contributed by atoms with Crippen molar-refractivity contribution in [3.8, 4) is 0 Å². The molecule has 1 N–H and O–H groups in total. The minimum Gasteiger partial charge on any atom is -0.386 e. The van der Waals surface area contributed by atoms with E-state index in [1.54, 1.807) is 31.3 Å². The molecule has 0 spiro atoms. The van der Waals surface area contributed by atoms with Crippen LogP contribution in [-0.4, -0.2) is 23.8 Å². The predicted octanol–water partition coefficient (Wildman–Crippen LogP) is 0.821. The van der Waals surface area contributed by atoms with Crippen molar-refractivity contribution in [1.82, 2.24) is 18.7 Å². The van der Waals surface area contributed by atoms with Gasteiger partial charge in [0, 0.05) is 24.7 Å². The molecule has 23 heavy (non-hydrogen) atoms. The van der Waals surface area contributed by atoms with Gasteiger partial charge in [0.15, 0.2) is 11.2 Å². The first kappa shape index (κ1) is 15.5. The molecule has 3 aromatic rings. The molecular formula is C15H15ClN4O3. The quantitative estimate of drug-likeness (QED) is 0.769. The number of aromatic nitrogens is 4. The van der Waals surface area contributed by atoms with Crippen LogP contribution in [0.15, 0.2) is 40.2 Å². The molecular weight excluding hydrogens is 320 g/mol. The molecule has 0 aliphatic heterocycles. The predicted molar refractivity (Wildman–Crippen MR) is 86.6 cm³/mol. The molecule has 8 heteroatoms. The van der Waals surface area contributed by atoms with Crippen LogP contribution in [0.5, 0.6) is 0 Å². The topological polar surface area (TPSA) is 82.0 Å². The van der Waals surface area contributed by atoms with Gasteiger partial charge >= 0.3 is 5.69 Å². The maximum atomic E-state index is 12.3. The first-order chi connectivity index (χ1) is 10.9. The summed E-state index contributed by atoms with van der Waals surface area (Å²) < 4.78 is 3.85. The number of aryl methyl sites for hydroxylation is 1. The van der Waals surface area contributed by atoms with E-state index >= 15 is 0 Å². The minimum atomic E-state index is -0.900. The van der Waals surface area contributed by atoms with Gasteiger partial charge in [0.25, 0.3) is 5.56 Å². The van der Waals surface area contributed by atoms with E-state index in [9.17, 15) is 14.7 Å². The molecule has 120 valence electrons. The SMILES string of the molecule is Cn1c(=O)c2c(ncn2C[C@@H](O)c2ccccc2Cl)n(C)c1=O. The third-order valence-corrected chi connectivity index (χ3v) is 4.20. The van der Waals surface area contributed by atoms with Crippen LogP contribution in [0, 0.1) is 0 Å². The Balaban J connectivity index is 2.10. The van der Waals surface area contributed by atoms with E-state index < -0.39 is 17.4 Å². The van der Waals surface area contributed by atoms with Crippen molar-refractivity contribution in [2.24, 2.45) is 14.1 Å². The normalized spacial score (nSPS) is 12.7. The summed E-state index contributed by atoms with van der Waals surface area (Å²) >= 11 is 6.08. The number of fused-ring (bicyclic) bond motifs is 1. The molecule has 0 saturated heterocycles. The Hall–Kier alpha value is -2.38. The van der Waals surface area contributed by atoms with Gasteiger partial charge in [0.05, 0.1) is 19.0 Å². The second-order valence-corrected chi connectivity index (χ2v) is 5.72. The lowest BCUT2D eigenvalue weighted by Gasteiger charge is -2.14. The van der Waals surface area contributed by atoms with Crippen LogP contribution >= 0.6 is 11.6 Å². The van der Waals surface area contributed by atoms with Crippen LogP contribution < -0.4 is 11.2 Å². The van der Waals surface area contributed by atoms with Gasteiger partial charge < -0.3 is 9.67 Å². The van der Waals surface area contributed by atoms with Crippen molar-refractivity contribution in [2.45, 2.75) is 12.6 Å². The summed E-state index contributed by atoms with van der Waals surface area (Å²) in [4.78, 5) is 28.4. The first-order valence-corrected chi connectivity index (χ1v) is 7.33. The first-order valence-electron chi connectivity index (χ1n) is 6.95. The lowest BCUT2D eigenvalue weighted by atomic mass is 10.1. The van der Waals surface area contributed by atoms with E-state index in [0.717, 1.165) is 4.57 Å². The van der Waals surface area contributed by atoms with Gasteiger partial charge in [-0.05, 0) is 6.07 Å². The highest BCUT2D eigenvalue weighted by Crippen LogP contribution is 2.24. The van der Waals surface area contributed by atoms with E-state index in [2.05, 4.69) is 4.98 Å². The van der Waals surface area contributed by atoms with E-state index in [0.29, 0.717) is 10.6 Å². The van der Waals surface area contributed by atoms with Crippen molar-refractivity contribution in [3.05, 3.63) is 62.0 Å². The Kier molecular flexibility index (Phi) is 3.83. The Bertz CT molecular complexity index is 1000. The lowest BCUT2D eigenvalue weighted by molar-refractivity contribution is 0.158. The number of aliphatic hydroxyl groups excluding tert-OH is 1. The monoisotopic (exact) mass is 334 g/mol. The summed E-state index contributed by atoms with van der Waals surface area (Å²) in [6.45, 7) is 0.105. The average molecular weight is 335 g/mol. The van der Waals surface area contributed by atoms with Crippen LogP contribution in [0.2, 0.25) is 5.02 Å². The highest BCUT2D eigenvalue weighted by atomic mass is 35.5. The van der Waals surface area contributed by atoms with Crippen LogP contribution in [0.25, 0.3) is 11.2 Å². The molecule has 0 unspecified atom stereocenters. The van der Waals surface area contributed by atoms with E-state index in [4.69, 9.17) is 11.6 Å². The summed E-state index contributed by atoms with van der Waals surface area (Å²) in [5.74, 6) is 0. The average Bonchev–Trinajstić information content (AvgIpc) is 2.95. The maximum absolute atomic E-state index is 12.3. The molecule has 1 atom stereocenters. The smallest absolute Gasteiger partial charge is 0.332 e. The molecule has 0 bridgehead atoms. The molecule has 0 fully saturated rings. The van der Waals surface area contributed by atoms with Gasteiger partial charge in [0.1, 0.15) is 0 Å². The number of imidazole rings is 1. The highest BCUT2D eigenvalue weighted by Gasteiger charge is 2.18. The molecule has 3 rings (SSSR count).